The molecule has 1 heterocycles. The van der Waals surface area contributed by atoms with Gasteiger partial charge in [-0.3, -0.25) is 9.69 Å². The normalized spacial score (nSPS) is 13.5. The van der Waals surface area contributed by atoms with Crippen molar-refractivity contribution in [3.8, 4) is 0 Å². The van der Waals surface area contributed by atoms with E-state index in [1.165, 1.54) is 11.1 Å². The minimum atomic E-state index is 0.0955. The van der Waals surface area contributed by atoms with E-state index < -0.39 is 0 Å². The molecule has 0 amide bonds. The lowest BCUT2D eigenvalue weighted by molar-refractivity contribution is 0.0992. The largest absolute Gasteiger partial charge is 0.294 e. The Labute approximate surface area is 176 Å². The van der Waals surface area contributed by atoms with Gasteiger partial charge in [-0.2, -0.15) is 0 Å². The Morgan fingerprint density at radius 2 is 1.83 bits per heavy atom. The monoisotopic (exact) mass is 400 g/mol. The van der Waals surface area contributed by atoms with Gasteiger partial charge >= 0.3 is 0 Å². The first kappa shape index (κ1) is 19.4. The molecule has 3 nitrogen and oxygen atoms in total. The van der Waals surface area contributed by atoms with Gasteiger partial charge in [0.25, 0.3) is 0 Å². The van der Waals surface area contributed by atoms with Crippen molar-refractivity contribution in [1.82, 2.24) is 4.90 Å². The van der Waals surface area contributed by atoms with E-state index in [1.807, 2.05) is 36.4 Å². The molecule has 144 valence electrons. The summed E-state index contributed by atoms with van der Waals surface area (Å²) in [4.78, 5) is 18.5. The van der Waals surface area contributed by atoms with Crippen molar-refractivity contribution in [3.05, 3.63) is 111 Å². The second kappa shape index (κ2) is 8.61. The van der Waals surface area contributed by atoms with E-state index in [4.69, 9.17) is 18.2 Å². The van der Waals surface area contributed by atoms with E-state index >= 15 is 0 Å². The van der Waals surface area contributed by atoms with Crippen LogP contribution in [-0.2, 0) is 25.9 Å². The Morgan fingerprint density at radius 3 is 2.62 bits per heavy atom. The predicted octanol–water partition coefficient (Wildman–Crippen LogP) is 5.87. The van der Waals surface area contributed by atoms with Crippen LogP contribution in [0.5, 0.6) is 0 Å². The Bertz CT molecular complexity index is 1080. The van der Waals surface area contributed by atoms with Crippen LogP contribution in [0.3, 0.4) is 0 Å². The van der Waals surface area contributed by atoms with Gasteiger partial charge in [-0.05, 0) is 46.9 Å². The predicted molar refractivity (Wildman–Crippen MR) is 116 cm³/mol. The van der Waals surface area contributed by atoms with Gasteiger partial charge in [0.1, 0.15) is 0 Å². The van der Waals surface area contributed by atoms with Crippen molar-refractivity contribution < 1.29 is 4.79 Å². The number of benzene rings is 3. The lowest BCUT2D eigenvalue weighted by atomic mass is 9.98. The fourth-order valence-electron chi connectivity index (χ4n) is 3.80. The van der Waals surface area contributed by atoms with Gasteiger partial charge in [-0.1, -0.05) is 60.1 Å². The maximum absolute atomic E-state index is 12.7. The lowest BCUT2D eigenvalue weighted by Gasteiger charge is -2.29. The molecular formula is C25H21ClN2O. The van der Waals surface area contributed by atoms with E-state index in [0.29, 0.717) is 12.1 Å². The van der Waals surface area contributed by atoms with Crippen LogP contribution in [0.4, 0.5) is 5.69 Å². The Morgan fingerprint density at radius 1 is 1.00 bits per heavy atom. The van der Waals surface area contributed by atoms with Crippen LogP contribution in [0, 0.1) is 6.57 Å². The zero-order valence-electron chi connectivity index (χ0n) is 16.1. The fourth-order valence-corrected chi connectivity index (χ4v) is 3.99. The Balaban J connectivity index is 1.43. The molecular weight excluding hydrogens is 380 g/mol. The van der Waals surface area contributed by atoms with Gasteiger partial charge in [-0.25, -0.2) is 4.85 Å². The summed E-state index contributed by atoms with van der Waals surface area (Å²) in [6.07, 6.45) is 1.36. The molecule has 0 saturated heterocycles. The molecule has 0 radical (unpaired) electrons. The van der Waals surface area contributed by atoms with Gasteiger partial charge in [0.05, 0.1) is 6.57 Å². The zero-order chi connectivity index (χ0) is 20.2. The summed E-state index contributed by atoms with van der Waals surface area (Å²) in [5.41, 5.74) is 6.06. The minimum absolute atomic E-state index is 0.0955. The Kier molecular flexibility index (Phi) is 5.76. The molecule has 3 aromatic carbocycles. The van der Waals surface area contributed by atoms with Crippen LogP contribution in [0.1, 0.15) is 32.6 Å². The molecule has 0 aromatic heterocycles. The SMILES string of the molecule is [C-]#[N+]c1ccc(CC(=O)c2cccc(CN3CCc4ccc(Cl)cc4C3)c2)cc1. The number of ketones is 1. The van der Waals surface area contributed by atoms with Gasteiger partial charge < -0.3 is 0 Å². The topological polar surface area (TPSA) is 24.7 Å². The smallest absolute Gasteiger partial charge is 0.187 e. The molecule has 0 N–H and O–H groups in total. The number of halogens is 1. The number of Topliss-reactive ketones (excluding diaryl/α,β-unsaturated/α-hetero) is 1. The summed E-state index contributed by atoms with van der Waals surface area (Å²) in [6.45, 7) is 9.71. The highest BCUT2D eigenvalue weighted by atomic mass is 35.5. The van der Waals surface area contributed by atoms with Crippen molar-refractivity contribution in [2.45, 2.75) is 25.9 Å². The molecule has 0 saturated carbocycles. The molecule has 0 unspecified atom stereocenters. The van der Waals surface area contributed by atoms with E-state index in [1.54, 1.807) is 12.1 Å². The average Bonchev–Trinajstić information content (AvgIpc) is 2.74. The van der Waals surface area contributed by atoms with Crippen molar-refractivity contribution in [3.63, 3.8) is 0 Å². The number of nitrogens with zero attached hydrogens (tertiary/aromatic N) is 2. The Hall–Kier alpha value is -2.93. The fraction of sp³-hybridized carbons (Fsp3) is 0.200. The van der Waals surface area contributed by atoms with Gasteiger partial charge in [0.2, 0.25) is 0 Å². The number of carbonyl (C=O) groups excluding carboxylic acids is 1. The van der Waals surface area contributed by atoms with Gasteiger partial charge in [-0.15, -0.1) is 0 Å². The van der Waals surface area contributed by atoms with Gasteiger partial charge in [0, 0.05) is 36.6 Å². The maximum atomic E-state index is 12.7. The summed E-state index contributed by atoms with van der Waals surface area (Å²) >= 11 is 6.15. The van der Waals surface area contributed by atoms with Crippen molar-refractivity contribution in [1.29, 1.82) is 0 Å². The lowest BCUT2D eigenvalue weighted by Crippen LogP contribution is -2.30. The van der Waals surface area contributed by atoms with Crippen molar-refractivity contribution >= 4 is 23.1 Å². The highest BCUT2D eigenvalue weighted by Gasteiger charge is 2.17. The van der Waals surface area contributed by atoms with Crippen LogP contribution in [0.15, 0.2) is 66.7 Å². The molecule has 3 aromatic rings. The quantitative estimate of drug-likeness (QED) is 0.395. The maximum Gasteiger partial charge on any atom is 0.187 e. The summed E-state index contributed by atoms with van der Waals surface area (Å²) in [6, 6.07) is 21.3. The van der Waals surface area contributed by atoms with Crippen molar-refractivity contribution in [2.24, 2.45) is 0 Å². The minimum Gasteiger partial charge on any atom is -0.294 e. The first-order valence-corrected chi connectivity index (χ1v) is 10.1. The summed E-state index contributed by atoms with van der Waals surface area (Å²) in [7, 11) is 0. The third kappa shape index (κ3) is 4.74. The highest BCUT2D eigenvalue weighted by Crippen LogP contribution is 2.24. The molecule has 0 aliphatic carbocycles. The van der Waals surface area contributed by atoms with E-state index in [2.05, 4.69) is 27.9 Å². The highest BCUT2D eigenvalue weighted by molar-refractivity contribution is 6.30. The van der Waals surface area contributed by atoms with Gasteiger partial charge in [0.15, 0.2) is 11.5 Å². The second-order valence-electron chi connectivity index (χ2n) is 7.45. The average molecular weight is 401 g/mol. The van der Waals surface area contributed by atoms with Crippen LogP contribution < -0.4 is 0 Å². The van der Waals surface area contributed by atoms with Crippen LogP contribution in [0.2, 0.25) is 5.02 Å². The molecule has 29 heavy (non-hydrogen) atoms. The molecule has 0 atom stereocenters. The number of hydrogen-bond donors (Lipinski definition) is 0. The zero-order valence-corrected chi connectivity index (χ0v) is 16.8. The third-order valence-corrected chi connectivity index (χ3v) is 5.58. The third-order valence-electron chi connectivity index (χ3n) is 5.34. The van der Waals surface area contributed by atoms with Crippen LogP contribution in [0.25, 0.3) is 4.85 Å². The second-order valence-corrected chi connectivity index (χ2v) is 7.89. The first-order valence-electron chi connectivity index (χ1n) is 9.69. The number of rotatable bonds is 5. The number of carbonyl (C=O) groups is 1. The number of fused-ring (bicyclic) bond motifs is 1. The van der Waals surface area contributed by atoms with E-state index in [-0.39, 0.29) is 5.78 Å². The molecule has 1 aliphatic heterocycles. The molecule has 0 spiro atoms. The van der Waals surface area contributed by atoms with Crippen molar-refractivity contribution in [2.75, 3.05) is 6.54 Å². The summed E-state index contributed by atoms with van der Waals surface area (Å²) in [5, 5.41) is 0.780. The first-order chi connectivity index (χ1) is 14.1. The number of hydrogen-bond acceptors (Lipinski definition) is 2. The van der Waals surface area contributed by atoms with Crippen LogP contribution in [-0.4, -0.2) is 17.2 Å². The van der Waals surface area contributed by atoms with E-state index in [9.17, 15) is 4.79 Å². The molecule has 4 rings (SSSR count). The molecule has 1 aliphatic rings. The van der Waals surface area contributed by atoms with E-state index in [0.717, 1.165) is 47.8 Å². The molecule has 0 bridgehead atoms. The standard InChI is InChI=1S/C25H21ClN2O/c1-27-24-9-5-18(6-10-24)14-25(29)21-4-2-3-19(13-21)16-28-12-11-20-7-8-23(26)15-22(20)17-28/h2-10,13,15H,11-12,14,16-17H2. The molecule has 0 fully saturated rings. The summed E-state index contributed by atoms with van der Waals surface area (Å²) in [5.74, 6) is 0.0955. The van der Waals surface area contributed by atoms with Crippen LogP contribution >= 0.6 is 11.6 Å². The summed E-state index contributed by atoms with van der Waals surface area (Å²) < 4.78 is 0. The molecule has 4 heteroatoms.